The van der Waals surface area contributed by atoms with Gasteiger partial charge in [-0.2, -0.15) is 0 Å². The zero-order valence-electron chi connectivity index (χ0n) is 13.5. The van der Waals surface area contributed by atoms with Gasteiger partial charge in [-0.1, -0.05) is 38.2 Å². The number of halogens is 2. The summed E-state index contributed by atoms with van der Waals surface area (Å²) >= 11 is 0. The minimum absolute atomic E-state index is 0.0768. The van der Waals surface area contributed by atoms with Crippen molar-refractivity contribution in [2.45, 2.75) is 51.1 Å². The topological polar surface area (TPSA) is 84.2 Å². The van der Waals surface area contributed by atoms with E-state index >= 15 is 0 Å². The van der Waals surface area contributed by atoms with Crippen molar-refractivity contribution in [3.63, 3.8) is 0 Å². The molecule has 1 aliphatic carbocycles. The van der Waals surface area contributed by atoms with Crippen molar-refractivity contribution in [1.82, 2.24) is 10.6 Å². The van der Waals surface area contributed by atoms with Gasteiger partial charge in [0, 0.05) is 18.2 Å². The van der Waals surface area contributed by atoms with E-state index in [1.165, 1.54) is 12.5 Å². The van der Waals surface area contributed by atoms with Gasteiger partial charge < -0.3 is 16.4 Å². The van der Waals surface area contributed by atoms with Crippen molar-refractivity contribution in [3.05, 3.63) is 35.4 Å². The van der Waals surface area contributed by atoms with E-state index in [9.17, 15) is 18.4 Å². The first-order valence-corrected chi connectivity index (χ1v) is 8.23. The molecule has 1 aromatic rings. The number of primary amides is 1. The molecule has 0 aromatic heterocycles. The molecule has 0 bridgehead atoms. The van der Waals surface area contributed by atoms with E-state index in [0.717, 1.165) is 37.8 Å². The van der Waals surface area contributed by atoms with Gasteiger partial charge in [-0.3, -0.25) is 4.79 Å². The van der Waals surface area contributed by atoms with Gasteiger partial charge in [-0.15, -0.1) is 0 Å². The Kier molecular flexibility index (Phi) is 6.52. The summed E-state index contributed by atoms with van der Waals surface area (Å²) in [6.07, 6.45) is 6.00. The van der Waals surface area contributed by atoms with Crippen molar-refractivity contribution in [1.29, 1.82) is 0 Å². The van der Waals surface area contributed by atoms with E-state index in [4.69, 9.17) is 5.73 Å². The molecule has 0 heterocycles. The SMILES string of the molecule is NC(=O)N[C@H](CC1CCCCC1)C(=O)NCc1ccc(F)cc1F. The molecule has 4 N–H and O–H groups in total. The third kappa shape index (κ3) is 5.47. The lowest BCUT2D eigenvalue weighted by Crippen LogP contribution is -2.49. The van der Waals surface area contributed by atoms with Gasteiger partial charge in [0.05, 0.1) is 0 Å². The van der Waals surface area contributed by atoms with Crippen LogP contribution in [0.2, 0.25) is 0 Å². The summed E-state index contributed by atoms with van der Waals surface area (Å²) in [7, 11) is 0. The number of rotatable bonds is 6. The minimum Gasteiger partial charge on any atom is -0.352 e. The molecule has 1 aliphatic rings. The standard InChI is InChI=1S/C17H23F2N3O2/c18-13-7-6-12(14(19)9-13)10-21-16(23)15(22-17(20)24)8-11-4-2-1-3-5-11/h6-7,9,11,15H,1-5,8,10H2,(H,21,23)(H3,20,22,24)/t15-/m1/s1. The van der Waals surface area contributed by atoms with E-state index in [1.807, 2.05) is 0 Å². The molecule has 5 nitrogen and oxygen atoms in total. The number of hydrogen-bond donors (Lipinski definition) is 3. The van der Waals surface area contributed by atoms with Crippen molar-refractivity contribution in [3.8, 4) is 0 Å². The second-order valence-corrected chi connectivity index (χ2v) is 6.25. The number of carbonyl (C=O) groups is 2. The Morgan fingerprint density at radius 1 is 1.21 bits per heavy atom. The highest BCUT2D eigenvalue weighted by atomic mass is 19.1. The molecule has 1 saturated carbocycles. The summed E-state index contributed by atoms with van der Waals surface area (Å²) in [6, 6.07) is 1.67. The quantitative estimate of drug-likeness (QED) is 0.744. The second-order valence-electron chi connectivity index (χ2n) is 6.25. The van der Waals surface area contributed by atoms with Crippen LogP contribution in [0.1, 0.15) is 44.1 Å². The predicted molar refractivity (Wildman–Crippen MR) is 85.9 cm³/mol. The average Bonchev–Trinajstić information content (AvgIpc) is 2.53. The van der Waals surface area contributed by atoms with Crippen LogP contribution in [0.25, 0.3) is 0 Å². The molecule has 1 fully saturated rings. The molecule has 0 saturated heterocycles. The third-order valence-electron chi connectivity index (χ3n) is 4.39. The van der Waals surface area contributed by atoms with Crippen LogP contribution in [0.5, 0.6) is 0 Å². The maximum atomic E-state index is 13.6. The highest BCUT2D eigenvalue weighted by Gasteiger charge is 2.25. The highest BCUT2D eigenvalue weighted by Crippen LogP contribution is 2.27. The highest BCUT2D eigenvalue weighted by molar-refractivity contribution is 5.86. The van der Waals surface area contributed by atoms with Gasteiger partial charge in [0.2, 0.25) is 5.91 Å². The van der Waals surface area contributed by atoms with Crippen LogP contribution in [-0.2, 0) is 11.3 Å². The summed E-state index contributed by atoms with van der Waals surface area (Å²) in [4.78, 5) is 23.5. The van der Waals surface area contributed by atoms with Crippen molar-refractivity contribution < 1.29 is 18.4 Å². The molecule has 1 aromatic carbocycles. The van der Waals surface area contributed by atoms with Gasteiger partial charge in [-0.25, -0.2) is 13.6 Å². The number of nitrogens with two attached hydrogens (primary N) is 1. The van der Waals surface area contributed by atoms with Gasteiger partial charge in [-0.05, 0) is 18.4 Å². The molecular formula is C17H23F2N3O2. The van der Waals surface area contributed by atoms with Gasteiger partial charge >= 0.3 is 6.03 Å². The summed E-state index contributed by atoms with van der Waals surface area (Å²) in [5.74, 6) is -1.44. The number of carbonyl (C=O) groups excluding carboxylic acids is 2. The molecule has 1 atom stereocenters. The smallest absolute Gasteiger partial charge is 0.312 e. The van der Waals surface area contributed by atoms with E-state index in [0.29, 0.717) is 12.3 Å². The number of nitrogens with one attached hydrogen (secondary N) is 2. The summed E-state index contributed by atoms with van der Waals surface area (Å²) in [5, 5.41) is 5.04. The predicted octanol–water partition coefficient (Wildman–Crippen LogP) is 2.59. The summed E-state index contributed by atoms with van der Waals surface area (Å²) in [5.41, 5.74) is 5.33. The molecule has 132 valence electrons. The van der Waals surface area contributed by atoms with E-state index in [1.54, 1.807) is 0 Å². The van der Waals surface area contributed by atoms with Crippen molar-refractivity contribution >= 4 is 11.9 Å². The number of hydrogen-bond acceptors (Lipinski definition) is 2. The number of amides is 3. The lowest BCUT2D eigenvalue weighted by molar-refractivity contribution is -0.123. The Hall–Kier alpha value is -2.18. The largest absolute Gasteiger partial charge is 0.352 e. The monoisotopic (exact) mass is 339 g/mol. The lowest BCUT2D eigenvalue weighted by atomic mass is 9.84. The average molecular weight is 339 g/mol. The molecule has 7 heteroatoms. The zero-order chi connectivity index (χ0) is 17.5. The Labute approximate surface area is 140 Å². The molecule has 0 aliphatic heterocycles. The van der Waals surface area contributed by atoms with Crippen LogP contribution >= 0.6 is 0 Å². The van der Waals surface area contributed by atoms with Gasteiger partial charge in [0.25, 0.3) is 0 Å². The van der Waals surface area contributed by atoms with E-state index in [2.05, 4.69) is 10.6 Å². The van der Waals surface area contributed by atoms with Crippen LogP contribution in [0.3, 0.4) is 0 Å². The second kappa shape index (κ2) is 8.61. The summed E-state index contributed by atoms with van der Waals surface area (Å²) < 4.78 is 26.5. The number of benzene rings is 1. The first kappa shape index (κ1) is 18.2. The van der Waals surface area contributed by atoms with Crippen LogP contribution in [-0.4, -0.2) is 18.0 Å². The Morgan fingerprint density at radius 2 is 1.92 bits per heavy atom. The molecule has 0 spiro atoms. The fourth-order valence-electron chi connectivity index (χ4n) is 3.13. The van der Waals surface area contributed by atoms with Crippen LogP contribution in [0.15, 0.2) is 18.2 Å². The van der Waals surface area contributed by atoms with Gasteiger partial charge in [0.15, 0.2) is 0 Å². The summed E-state index contributed by atoms with van der Waals surface area (Å²) in [6.45, 7) is -0.0768. The molecule has 24 heavy (non-hydrogen) atoms. The minimum atomic E-state index is -0.765. The Morgan fingerprint density at radius 3 is 2.54 bits per heavy atom. The molecule has 3 amide bonds. The van der Waals surface area contributed by atoms with Crippen LogP contribution < -0.4 is 16.4 Å². The first-order valence-electron chi connectivity index (χ1n) is 8.23. The van der Waals surface area contributed by atoms with Gasteiger partial charge in [0.1, 0.15) is 17.7 Å². The van der Waals surface area contributed by atoms with Crippen molar-refractivity contribution in [2.24, 2.45) is 11.7 Å². The zero-order valence-corrected chi connectivity index (χ0v) is 13.5. The van der Waals surface area contributed by atoms with E-state index in [-0.39, 0.29) is 12.1 Å². The van der Waals surface area contributed by atoms with Crippen molar-refractivity contribution in [2.75, 3.05) is 0 Å². The fourth-order valence-corrected chi connectivity index (χ4v) is 3.13. The van der Waals surface area contributed by atoms with E-state index < -0.39 is 29.6 Å². The molecule has 2 rings (SSSR count). The fraction of sp³-hybridized carbons (Fsp3) is 0.529. The molecule has 0 radical (unpaired) electrons. The van der Waals surface area contributed by atoms with Crippen LogP contribution in [0.4, 0.5) is 13.6 Å². The maximum absolute atomic E-state index is 13.6. The third-order valence-corrected chi connectivity index (χ3v) is 4.39. The molecular weight excluding hydrogens is 316 g/mol. The Bertz CT molecular complexity index is 589. The maximum Gasteiger partial charge on any atom is 0.312 e. The Balaban J connectivity index is 1.94. The first-order chi connectivity index (χ1) is 11.5. The molecule has 0 unspecified atom stereocenters. The normalized spacial score (nSPS) is 16.4. The number of urea groups is 1. The lowest BCUT2D eigenvalue weighted by Gasteiger charge is -2.26. The van der Waals surface area contributed by atoms with Crippen LogP contribution in [0, 0.1) is 17.6 Å².